The number of hydrogen-bond donors (Lipinski definition) is 0. The van der Waals surface area contributed by atoms with Crippen molar-refractivity contribution in [1.29, 1.82) is 0 Å². The number of nitrogens with zero attached hydrogens (tertiary/aromatic N) is 2. The van der Waals surface area contributed by atoms with Gasteiger partial charge in [0.15, 0.2) is 5.58 Å². The fraction of sp³-hybridized carbons (Fsp3) is 0. The third kappa shape index (κ3) is 4.35. The second-order valence-electron chi connectivity index (χ2n) is 11.2. The number of hydrogen-bond acceptors (Lipinski definition) is 4. The van der Waals surface area contributed by atoms with Crippen LogP contribution < -0.4 is 4.90 Å². The Hall–Kier alpha value is -6.13. The van der Waals surface area contributed by atoms with Crippen LogP contribution in [0.25, 0.3) is 66.4 Å². The van der Waals surface area contributed by atoms with Crippen molar-refractivity contribution in [2.75, 3.05) is 4.90 Å². The zero-order valence-corrected chi connectivity index (χ0v) is 24.2. The average molecular weight is 579 g/mol. The summed E-state index contributed by atoms with van der Waals surface area (Å²) in [4.78, 5) is 7.11. The van der Waals surface area contributed by atoms with E-state index in [0.717, 1.165) is 61.2 Å². The zero-order valence-electron chi connectivity index (χ0n) is 24.2. The summed E-state index contributed by atoms with van der Waals surface area (Å²) in [6.45, 7) is 0. The Kier molecular flexibility index (Phi) is 5.78. The standard InChI is InChI=1S/C41H26N2O2/c1-2-13-31(14-3-1)43(32-15-8-12-29(25-32)30-21-20-27-10-4-5-11-28(27)24-30)33-22-23-37-35(26-33)40-34(16-9-19-39(40)44-37)41-42-36-17-6-7-18-38(36)45-41/h1-26H. The second-order valence-corrected chi connectivity index (χ2v) is 11.2. The lowest BCUT2D eigenvalue weighted by Gasteiger charge is -2.26. The first kappa shape index (κ1) is 25.4. The normalized spacial score (nSPS) is 11.6. The molecule has 0 N–H and O–H groups in total. The van der Waals surface area contributed by atoms with Gasteiger partial charge in [0.25, 0.3) is 0 Å². The number of fused-ring (bicyclic) bond motifs is 5. The fourth-order valence-corrected chi connectivity index (χ4v) is 6.34. The highest BCUT2D eigenvalue weighted by atomic mass is 16.3. The van der Waals surface area contributed by atoms with Crippen LogP contribution in [-0.4, -0.2) is 4.98 Å². The molecule has 0 aliphatic heterocycles. The van der Waals surface area contributed by atoms with Crippen molar-refractivity contribution in [3.8, 4) is 22.6 Å². The summed E-state index contributed by atoms with van der Waals surface area (Å²) >= 11 is 0. The van der Waals surface area contributed by atoms with Crippen molar-refractivity contribution in [3.63, 3.8) is 0 Å². The molecule has 0 aliphatic carbocycles. The average Bonchev–Trinajstić information content (AvgIpc) is 3.70. The molecule has 2 aromatic heterocycles. The van der Waals surface area contributed by atoms with E-state index in [1.807, 2.05) is 42.5 Å². The predicted octanol–water partition coefficient (Wildman–Crippen LogP) is 11.7. The molecule has 0 saturated carbocycles. The quantitative estimate of drug-likeness (QED) is 0.204. The Morgan fingerprint density at radius 2 is 1.18 bits per heavy atom. The SMILES string of the molecule is c1ccc(N(c2cccc(-c3ccc4ccccc4c3)c2)c2ccc3oc4cccc(-c5nc6ccccc6o5)c4c3c2)cc1. The lowest BCUT2D eigenvalue weighted by Crippen LogP contribution is -2.09. The van der Waals surface area contributed by atoms with Crippen molar-refractivity contribution in [2.45, 2.75) is 0 Å². The van der Waals surface area contributed by atoms with Crippen LogP contribution in [0.15, 0.2) is 167 Å². The van der Waals surface area contributed by atoms with Crippen molar-refractivity contribution >= 4 is 60.9 Å². The van der Waals surface area contributed by atoms with Crippen LogP contribution in [0.2, 0.25) is 0 Å². The molecule has 0 atom stereocenters. The zero-order chi connectivity index (χ0) is 29.7. The van der Waals surface area contributed by atoms with Gasteiger partial charge in [-0.25, -0.2) is 4.98 Å². The van der Waals surface area contributed by atoms with Crippen LogP contribution in [0.4, 0.5) is 17.1 Å². The molecule has 0 bridgehead atoms. The first-order chi connectivity index (χ1) is 22.3. The number of para-hydroxylation sites is 3. The van der Waals surface area contributed by atoms with E-state index in [1.54, 1.807) is 0 Å². The number of rotatable bonds is 5. The van der Waals surface area contributed by atoms with Gasteiger partial charge in [-0.2, -0.15) is 0 Å². The van der Waals surface area contributed by atoms with E-state index in [0.29, 0.717) is 5.89 Å². The second kappa shape index (κ2) is 10.2. The monoisotopic (exact) mass is 578 g/mol. The van der Waals surface area contributed by atoms with E-state index >= 15 is 0 Å². The molecule has 0 unspecified atom stereocenters. The molecule has 4 heteroatoms. The molecule has 45 heavy (non-hydrogen) atoms. The summed E-state index contributed by atoms with van der Waals surface area (Å²) in [5.41, 5.74) is 9.62. The van der Waals surface area contributed by atoms with Gasteiger partial charge in [-0.3, -0.25) is 0 Å². The molecule has 9 rings (SSSR count). The highest BCUT2D eigenvalue weighted by Crippen LogP contribution is 2.42. The molecule has 0 fully saturated rings. The van der Waals surface area contributed by atoms with Gasteiger partial charge >= 0.3 is 0 Å². The minimum absolute atomic E-state index is 0.581. The number of benzene rings is 7. The van der Waals surface area contributed by atoms with Gasteiger partial charge in [0.05, 0.1) is 0 Å². The van der Waals surface area contributed by atoms with Gasteiger partial charge in [0, 0.05) is 33.4 Å². The fourth-order valence-electron chi connectivity index (χ4n) is 6.34. The Morgan fingerprint density at radius 3 is 2.09 bits per heavy atom. The van der Waals surface area contributed by atoms with Crippen LogP contribution in [0.5, 0.6) is 0 Å². The predicted molar refractivity (Wildman–Crippen MR) is 184 cm³/mol. The molecule has 4 nitrogen and oxygen atoms in total. The number of oxazole rings is 1. The number of furan rings is 1. The molecule has 7 aromatic carbocycles. The summed E-state index contributed by atoms with van der Waals surface area (Å²) in [7, 11) is 0. The van der Waals surface area contributed by atoms with Crippen LogP contribution in [0.1, 0.15) is 0 Å². The third-order valence-electron chi connectivity index (χ3n) is 8.46. The third-order valence-corrected chi connectivity index (χ3v) is 8.46. The van der Waals surface area contributed by atoms with Crippen LogP contribution in [0.3, 0.4) is 0 Å². The van der Waals surface area contributed by atoms with E-state index in [2.05, 4.69) is 120 Å². The van der Waals surface area contributed by atoms with Gasteiger partial charge in [-0.15, -0.1) is 0 Å². The van der Waals surface area contributed by atoms with Crippen molar-refractivity contribution in [1.82, 2.24) is 4.98 Å². The summed E-state index contributed by atoms with van der Waals surface area (Å²) in [5.74, 6) is 0.581. The minimum Gasteiger partial charge on any atom is -0.456 e. The van der Waals surface area contributed by atoms with E-state index in [1.165, 1.54) is 16.3 Å². The maximum absolute atomic E-state index is 6.36. The highest BCUT2D eigenvalue weighted by molar-refractivity contribution is 6.13. The van der Waals surface area contributed by atoms with Gasteiger partial charge in [0.1, 0.15) is 16.7 Å². The smallest absolute Gasteiger partial charge is 0.228 e. The van der Waals surface area contributed by atoms with Gasteiger partial charge in [0.2, 0.25) is 5.89 Å². The summed E-state index contributed by atoms with van der Waals surface area (Å²) in [6, 6.07) is 54.7. The van der Waals surface area contributed by atoms with Gasteiger partial charge in [-0.1, -0.05) is 84.9 Å². The first-order valence-corrected chi connectivity index (χ1v) is 15.0. The molecule has 9 aromatic rings. The maximum atomic E-state index is 6.36. The molecule has 0 aliphatic rings. The van der Waals surface area contributed by atoms with E-state index in [4.69, 9.17) is 13.8 Å². The molecule has 0 saturated heterocycles. The molecule has 0 spiro atoms. The van der Waals surface area contributed by atoms with Crippen molar-refractivity contribution < 1.29 is 8.83 Å². The Bertz CT molecular complexity index is 2480. The van der Waals surface area contributed by atoms with Crippen molar-refractivity contribution in [3.05, 3.63) is 158 Å². The van der Waals surface area contributed by atoms with Crippen LogP contribution >= 0.6 is 0 Å². The maximum Gasteiger partial charge on any atom is 0.228 e. The summed E-state index contributed by atoms with van der Waals surface area (Å²) in [6.07, 6.45) is 0. The highest BCUT2D eigenvalue weighted by Gasteiger charge is 2.19. The Balaban J connectivity index is 1.22. The summed E-state index contributed by atoms with van der Waals surface area (Å²) < 4.78 is 12.6. The number of anilines is 3. The van der Waals surface area contributed by atoms with E-state index in [9.17, 15) is 0 Å². The topological polar surface area (TPSA) is 42.4 Å². The van der Waals surface area contributed by atoms with Gasteiger partial charge < -0.3 is 13.7 Å². The van der Waals surface area contributed by atoms with Crippen LogP contribution in [-0.2, 0) is 0 Å². The van der Waals surface area contributed by atoms with Crippen LogP contribution in [0, 0.1) is 0 Å². The van der Waals surface area contributed by atoms with E-state index < -0.39 is 0 Å². The summed E-state index contributed by atoms with van der Waals surface area (Å²) in [5, 5.41) is 4.46. The molecule has 2 heterocycles. The number of aromatic nitrogens is 1. The largest absolute Gasteiger partial charge is 0.456 e. The lowest BCUT2D eigenvalue weighted by atomic mass is 10.0. The Labute approximate surface area is 259 Å². The molecular formula is C41H26N2O2. The molecular weight excluding hydrogens is 552 g/mol. The Morgan fingerprint density at radius 1 is 0.444 bits per heavy atom. The first-order valence-electron chi connectivity index (χ1n) is 15.0. The van der Waals surface area contributed by atoms with Gasteiger partial charge in [-0.05, 0) is 94.7 Å². The van der Waals surface area contributed by atoms with Crippen molar-refractivity contribution in [2.24, 2.45) is 0 Å². The molecule has 0 radical (unpaired) electrons. The lowest BCUT2D eigenvalue weighted by molar-refractivity contribution is 0.620. The minimum atomic E-state index is 0.581. The molecule has 212 valence electrons. The van der Waals surface area contributed by atoms with E-state index in [-0.39, 0.29) is 0 Å². The molecule has 0 amide bonds.